The predicted molar refractivity (Wildman–Crippen MR) is 60.6 cm³/mol. The lowest BCUT2D eigenvalue weighted by Gasteiger charge is -2.24. The van der Waals surface area contributed by atoms with Gasteiger partial charge < -0.3 is 4.65 Å². The van der Waals surface area contributed by atoms with Gasteiger partial charge in [-0.15, -0.1) is 6.58 Å². The van der Waals surface area contributed by atoms with Crippen LogP contribution >= 0.6 is 0 Å². The first-order valence-corrected chi connectivity index (χ1v) is 4.58. The van der Waals surface area contributed by atoms with E-state index in [1.165, 1.54) is 0 Å². The summed E-state index contributed by atoms with van der Waals surface area (Å²) >= 11 is 0. The van der Waals surface area contributed by atoms with Crippen molar-refractivity contribution < 1.29 is 4.65 Å². The van der Waals surface area contributed by atoms with Crippen LogP contribution in [0.1, 0.15) is 27.7 Å². The van der Waals surface area contributed by atoms with Crippen molar-refractivity contribution in [2.75, 3.05) is 7.05 Å². The summed E-state index contributed by atoms with van der Waals surface area (Å²) in [5.41, 5.74) is 1.78. The van der Waals surface area contributed by atoms with Gasteiger partial charge in [-0.25, -0.2) is 0 Å². The first-order valence-electron chi connectivity index (χ1n) is 4.58. The van der Waals surface area contributed by atoms with E-state index in [1.807, 2.05) is 34.5 Å². The van der Waals surface area contributed by atoms with Crippen molar-refractivity contribution in [1.82, 2.24) is 0 Å². The molecule has 0 fully saturated rings. The average Bonchev–Trinajstić information content (AvgIpc) is 1.98. The van der Waals surface area contributed by atoms with E-state index in [2.05, 4.69) is 11.6 Å². The molecule has 74 valence electrons. The smallest absolute Gasteiger partial charge is 0.325 e. The highest BCUT2D eigenvalue weighted by atomic mass is 16.5. The number of hydrogen-bond acceptors (Lipinski definition) is 2. The summed E-state index contributed by atoms with van der Waals surface area (Å²) in [5, 5.41) is 0. The number of allylic oxidation sites excluding steroid dienone is 1. The van der Waals surface area contributed by atoms with Gasteiger partial charge in [-0.2, -0.15) is 0 Å². The van der Waals surface area contributed by atoms with Crippen molar-refractivity contribution in [3.8, 4) is 0 Å². The molecule has 0 aliphatic heterocycles. The predicted octanol–water partition coefficient (Wildman–Crippen LogP) is 2.61. The third-order valence-corrected chi connectivity index (χ3v) is 1.82. The monoisotopic (exact) mass is 181 g/mol. The van der Waals surface area contributed by atoms with E-state index in [4.69, 9.17) is 4.65 Å². The molecule has 0 unspecified atom stereocenters. The van der Waals surface area contributed by atoms with Gasteiger partial charge in [-0.1, -0.05) is 6.82 Å². The zero-order valence-corrected chi connectivity index (χ0v) is 9.64. The molecule has 0 rings (SSSR count). The van der Waals surface area contributed by atoms with Crippen LogP contribution in [0.25, 0.3) is 0 Å². The van der Waals surface area contributed by atoms with Crippen LogP contribution in [0.2, 0.25) is 6.82 Å². The van der Waals surface area contributed by atoms with Crippen LogP contribution in [0.4, 0.5) is 0 Å². The molecule has 0 aliphatic carbocycles. The molecular weight excluding hydrogens is 161 g/mol. The number of hydrogen-bond donors (Lipinski definition) is 0. The maximum Gasteiger partial charge on any atom is 0.325 e. The van der Waals surface area contributed by atoms with Gasteiger partial charge in [-0.05, 0) is 33.2 Å². The molecule has 3 heteroatoms. The first kappa shape index (κ1) is 12.4. The van der Waals surface area contributed by atoms with Crippen LogP contribution in [-0.2, 0) is 4.65 Å². The lowest BCUT2D eigenvalue weighted by Crippen LogP contribution is -2.31. The number of aliphatic imine (C=N–C) groups is 1. The second-order valence-electron chi connectivity index (χ2n) is 4.21. The number of nitrogens with zero attached hydrogens (tertiary/aromatic N) is 1. The minimum atomic E-state index is -0.129. The molecule has 0 saturated heterocycles. The molecule has 0 aromatic heterocycles. The lowest BCUT2D eigenvalue weighted by atomic mass is 9.61. The van der Waals surface area contributed by atoms with E-state index in [-0.39, 0.29) is 12.5 Å². The fourth-order valence-corrected chi connectivity index (χ4v) is 1.04. The third kappa shape index (κ3) is 4.89. The molecular formula is C10H20BNO. The van der Waals surface area contributed by atoms with E-state index in [9.17, 15) is 0 Å². The van der Waals surface area contributed by atoms with Crippen molar-refractivity contribution in [1.29, 1.82) is 0 Å². The van der Waals surface area contributed by atoms with Crippen molar-refractivity contribution in [3.63, 3.8) is 0 Å². The van der Waals surface area contributed by atoms with E-state index < -0.39 is 0 Å². The van der Waals surface area contributed by atoms with Gasteiger partial charge in [0.05, 0.1) is 0 Å². The van der Waals surface area contributed by atoms with Crippen molar-refractivity contribution in [3.05, 3.63) is 12.1 Å². The molecule has 0 saturated carbocycles. The van der Waals surface area contributed by atoms with E-state index in [0.29, 0.717) is 0 Å². The van der Waals surface area contributed by atoms with Crippen LogP contribution in [0, 0.1) is 0 Å². The van der Waals surface area contributed by atoms with Crippen molar-refractivity contribution in [2.24, 2.45) is 4.99 Å². The van der Waals surface area contributed by atoms with E-state index in [0.717, 1.165) is 11.2 Å². The lowest BCUT2D eigenvalue weighted by molar-refractivity contribution is 0.133. The topological polar surface area (TPSA) is 21.6 Å². The molecule has 0 bridgehead atoms. The minimum Gasteiger partial charge on any atom is -0.427 e. The molecule has 0 aromatic rings. The zero-order chi connectivity index (χ0) is 10.6. The highest BCUT2D eigenvalue weighted by Crippen LogP contribution is 2.13. The SMILES string of the molecule is C=C(B(C)OC(C)(C)C)C(C)=NC. The molecule has 2 nitrogen and oxygen atoms in total. The Morgan fingerprint density at radius 1 is 1.38 bits per heavy atom. The van der Waals surface area contributed by atoms with Crippen LogP contribution in [-0.4, -0.2) is 25.3 Å². The molecule has 0 aliphatic rings. The fraction of sp³-hybridized carbons (Fsp3) is 0.700. The molecule has 13 heavy (non-hydrogen) atoms. The first-order chi connectivity index (χ1) is 5.78. The minimum absolute atomic E-state index is 0.0312. The summed E-state index contributed by atoms with van der Waals surface area (Å²) in [6.07, 6.45) is 0. The van der Waals surface area contributed by atoms with Gasteiger partial charge in [0.1, 0.15) is 0 Å². The summed E-state index contributed by atoms with van der Waals surface area (Å²) < 4.78 is 5.74. The Kier molecular flexibility index (Phi) is 4.41. The summed E-state index contributed by atoms with van der Waals surface area (Å²) in [5.74, 6) is 0. The Hall–Kier alpha value is -0.565. The normalized spacial score (nSPS) is 12.9. The molecule has 0 heterocycles. The summed E-state index contributed by atoms with van der Waals surface area (Å²) in [6, 6.07) is 0. The highest BCUT2D eigenvalue weighted by molar-refractivity contribution is 6.65. The van der Waals surface area contributed by atoms with Crippen LogP contribution in [0.5, 0.6) is 0 Å². The Morgan fingerprint density at radius 3 is 2.15 bits per heavy atom. The van der Waals surface area contributed by atoms with Gasteiger partial charge >= 0.3 is 6.92 Å². The van der Waals surface area contributed by atoms with Gasteiger partial charge in [0.15, 0.2) is 0 Å². The van der Waals surface area contributed by atoms with Gasteiger partial charge in [0.2, 0.25) is 0 Å². The molecule has 0 N–H and O–H groups in total. The van der Waals surface area contributed by atoms with E-state index in [1.54, 1.807) is 7.05 Å². The molecule has 0 atom stereocenters. The summed E-state index contributed by atoms with van der Waals surface area (Å²) in [7, 11) is 1.77. The summed E-state index contributed by atoms with van der Waals surface area (Å²) in [4.78, 5) is 4.08. The maximum atomic E-state index is 5.74. The highest BCUT2D eigenvalue weighted by Gasteiger charge is 2.21. The van der Waals surface area contributed by atoms with Crippen molar-refractivity contribution in [2.45, 2.75) is 40.1 Å². The van der Waals surface area contributed by atoms with Crippen LogP contribution < -0.4 is 0 Å². The second-order valence-corrected chi connectivity index (χ2v) is 4.21. The fourth-order valence-electron chi connectivity index (χ4n) is 1.04. The largest absolute Gasteiger partial charge is 0.427 e. The quantitative estimate of drug-likeness (QED) is 0.484. The van der Waals surface area contributed by atoms with Gasteiger partial charge in [0, 0.05) is 18.4 Å². The molecule has 0 spiro atoms. The second kappa shape index (κ2) is 4.61. The van der Waals surface area contributed by atoms with E-state index >= 15 is 0 Å². The third-order valence-electron chi connectivity index (χ3n) is 1.82. The Balaban J connectivity index is 4.29. The van der Waals surface area contributed by atoms with Crippen LogP contribution in [0.3, 0.4) is 0 Å². The standard InChI is InChI=1S/C10H20BNO/c1-8(9(2)12-7)11(6)13-10(3,4)5/h1H2,2-7H3. The Morgan fingerprint density at radius 2 is 1.85 bits per heavy atom. The number of rotatable bonds is 3. The molecule has 0 amide bonds. The van der Waals surface area contributed by atoms with Gasteiger partial charge in [0.25, 0.3) is 0 Å². The summed E-state index contributed by atoms with van der Waals surface area (Å²) in [6.45, 7) is 14.0. The zero-order valence-electron chi connectivity index (χ0n) is 9.64. The van der Waals surface area contributed by atoms with Crippen LogP contribution in [0.15, 0.2) is 17.0 Å². The Bertz CT molecular complexity index is 215. The maximum absolute atomic E-state index is 5.74. The molecule has 0 aromatic carbocycles. The average molecular weight is 181 g/mol. The van der Waals surface area contributed by atoms with Crippen molar-refractivity contribution >= 4 is 12.6 Å². The van der Waals surface area contributed by atoms with Gasteiger partial charge in [-0.3, -0.25) is 4.99 Å². The Labute approximate surface area is 82.2 Å². The molecule has 0 radical (unpaired) electrons.